The van der Waals surface area contributed by atoms with Crippen LogP contribution in [-0.2, 0) is 6.42 Å². The summed E-state index contributed by atoms with van der Waals surface area (Å²) >= 11 is 0. The van der Waals surface area contributed by atoms with E-state index >= 15 is 0 Å². The fourth-order valence-electron chi connectivity index (χ4n) is 3.65. The predicted octanol–water partition coefficient (Wildman–Crippen LogP) is 4.14. The maximum absolute atomic E-state index is 12.9. The van der Waals surface area contributed by atoms with Crippen molar-refractivity contribution in [1.29, 1.82) is 0 Å². The van der Waals surface area contributed by atoms with E-state index in [1.165, 1.54) is 6.07 Å². The molecule has 2 aromatic rings. The van der Waals surface area contributed by atoms with E-state index in [1.54, 1.807) is 0 Å². The predicted molar refractivity (Wildman–Crippen MR) is 99.2 cm³/mol. The van der Waals surface area contributed by atoms with Gasteiger partial charge in [0.05, 0.1) is 23.5 Å². The normalized spacial score (nSPS) is 20.3. The first-order valence-corrected chi connectivity index (χ1v) is 9.04. The van der Waals surface area contributed by atoms with Gasteiger partial charge in [-0.3, -0.25) is 4.79 Å². The summed E-state index contributed by atoms with van der Waals surface area (Å²) in [5.41, 5.74) is 1.28. The summed E-state index contributed by atoms with van der Waals surface area (Å²) in [6.45, 7) is 8.10. The van der Waals surface area contributed by atoms with E-state index in [0.29, 0.717) is 35.5 Å². The SMILES string of the molecule is CCCc1cc(=O)oc2c3c(c4c(c12)OC(C)(C)C=C4)OC[C@H](C)C3=O. The Morgan fingerprint density at radius 2 is 2.00 bits per heavy atom. The van der Waals surface area contributed by atoms with E-state index in [9.17, 15) is 9.59 Å². The summed E-state index contributed by atoms with van der Waals surface area (Å²) in [4.78, 5) is 25.1. The summed E-state index contributed by atoms with van der Waals surface area (Å²) in [5, 5.41) is 0.712. The third-order valence-corrected chi connectivity index (χ3v) is 4.92. The van der Waals surface area contributed by atoms with Crippen LogP contribution in [0.5, 0.6) is 11.5 Å². The average molecular weight is 354 g/mol. The Morgan fingerprint density at radius 1 is 1.23 bits per heavy atom. The van der Waals surface area contributed by atoms with Crippen LogP contribution in [0.4, 0.5) is 0 Å². The van der Waals surface area contributed by atoms with Gasteiger partial charge in [-0.05, 0) is 38.0 Å². The van der Waals surface area contributed by atoms with Gasteiger partial charge in [-0.25, -0.2) is 4.79 Å². The van der Waals surface area contributed by atoms with Gasteiger partial charge in [-0.2, -0.15) is 0 Å². The highest BCUT2D eigenvalue weighted by Crippen LogP contribution is 2.48. The summed E-state index contributed by atoms with van der Waals surface area (Å²) in [7, 11) is 0. The number of carbonyl (C=O) groups is 1. The number of ether oxygens (including phenoxy) is 2. The Bertz CT molecular complexity index is 1010. The average Bonchev–Trinajstić information content (AvgIpc) is 2.56. The fourth-order valence-corrected chi connectivity index (χ4v) is 3.65. The molecule has 5 nitrogen and oxygen atoms in total. The molecule has 0 saturated heterocycles. The quantitative estimate of drug-likeness (QED) is 0.758. The summed E-state index contributed by atoms with van der Waals surface area (Å²) in [6, 6.07) is 1.50. The lowest BCUT2D eigenvalue weighted by Gasteiger charge is -2.32. The first-order chi connectivity index (χ1) is 12.3. The van der Waals surface area contributed by atoms with Crippen molar-refractivity contribution in [3.05, 3.63) is 39.3 Å². The lowest BCUT2D eigenvalue weighted by Crippen LogP contribution is -2.31. The van der Waals surface area contributed by atoms with Gasteiger partial charge in [-0.15, -0.1) is 0 Å². The number of Topliss-reactive ketones (excluding diaryl/α,β-unsaturated/α-hetero) is 1. The number of rotatable bonds is 2. The van der Waals surface area contributed by atoms with E-state index in [2.05, 4.69) is 0 Å². The Labute approximate surface area is 151 Å². The van der Waals surface area contributed by atoms with Crippen LogP contribution in [0.2, 0.25) is 0 Å². The van der Waals surface area contributed by atoms with Crippen LogP contribution in [0.25, 0.3) is 17.0 Å². The molecule has 0 fully saturated rings. The highest BCUT2D eigenvalue weighted by Gasteiger charge is 2.36. The van der Waals surface area contributed by atoms with Crippen molar-refractivity contribution in [1.82, 2.24) is 0 Å². The zero-order valence-electron chi connectivity index (χ0n) is 15.5. The molecule has 26 heavy (non-hydrogen) atoms. The maximum atomic E-state index is 12.9. The third kappa shape index (κ3) is 2.45. The first-order valence-electron chi connectivity index (χ1n) is 9.04. The van der Waals surface area contributed by atoms with Gasteiger partial charge >= 0.3 is 5.63 Å². The minimum Gasteiger partial charge on any atom is -0.491 e. The standard InChI is InChI=1S/C21H22O5/c1-5-6-12-9-14(22)25-20-15(12)19-13(7-8-21(3,4)26-19)18-16(20)17(23)11(2)10-24-18/h7-9,11H,5-6,10H2,1-4H3/t11-/m0/s1. The molecule has 5 heteroatoms. The molecule has 0 N–H and O–H groups in total. The fraction of sp³-hybridized carbons (Fsp3) is 0.429. The molecule has 4 rings (SSSR count). The largest absolute Gasteiger partial charge is 0.491 e. The first kappa shape index (κ1) is 16.9. The maximum Gasteiger partial charge on any atom is 0.336 e. The van der Waals surface area contributed by atoms with Crippen LogP contribution in [0.1, 0.15) is 55.6 Å². The molecule has 0 unspecified atom stereocenters. The second kappa shape index (κ2) is 5.73. The van der Waals surface area contributed by atoms with Crippen molar-refractivity contribution in [3.63, 3.8) is 0 Å². The number of hydrogen-bond acceptors (Lipinski definition) is 5. The molecule has 2 aliphatic heterocycles. The van der Waals surface area contributed by atoms with Gasteiger partial charge in [0.15, 0.2) is 11.4 Å². The van der Waals surface area contributed by atoms with Gasteiger partial charge in [0.25, 0.3) is 0 Å². The Balaban J connectivity index is 2.18. The van der Waals surface area contributed by atoms with E-state index in [-0.39, 0.29) is 17.3 Å². The van der Waals surface area contributed by atoms with Crippen LogP contribution in [0, 0.1) is 5.92 Å². The van der Waals surface area contributed by atoms with Gasteiger partial charge in [0.1, 0.15) is 22.7 Å². The monoisotopic (exact) mass is 354 g/mol. The molecule has 0 spiro atoms. The minimum absolute atomic E-state index is 0.0610. The Kier molecular flexibility index (Phi) is 3.72. The molecule has 1 aromatic heterocycles. The molecule has 0 amide bonds. The molecule has 0 saturated carbocycles. The van der Waals surface area contributed by atoms with Gasteiger partial charge in [0.2, 0.25) is 0 Å². The zero-order valence-corrected chi connectivity index (χ0v) is 15.5. The smallest absolute Gasteiger partial charge is 0.336 e. The van der Waals surface area contributed by atoms with E-state index in [4.69, 9.17) is 13.9 Å². The van der Waals surface area contributed by atoms with Crippen LogP contribution in [0.3, 0.4) is 0 Å². The molecule has 0 radical (unpaired) electrons. The van der Waals surface area contributed by atoms with Crippen molar-refractivity contribution >= 4 is 22.8 Å². The van der Waals surface area contributed by atoms with Crippen molar-refractivity contribution in [3.8, 4) is 11.5 Å². The van der Waals surface area contributed by atoms with Gasteiger partial charge in [-0.1, -0.05) is 20.3 Å². The Hall–Kier alpha value is -2.56. The summed E-state index contributed by atoms with van der Waals surface area (Å²) in [6.07, 6.45) is 5.46. The van der Waals surface area contributed by atoms with Gasteiger partial charge < -0.3 is 13.9 Å². The van der Waals surface area contributed by atoms with Gasteiger partial charge in [0, 0.05) is 6.07 Å². The lowest BCUT2D eigenvalue weighted by molar-refractivity contribution is 0.0848. The molecular weight excluding hydrogens is 332 g/mol. The molecule has 136 valence electrons. The second-order valence-electron chi connectivity index (χ2n) is 7.61. The number of fused-ring (bicyclic) bond motifs is 6. The van der Waals surface area contributed by atoms with Crippen molar-refractivity contribution in [2.24, 2.45) is 5.92 Å². The highest BCUT2D eigenvalue weighted by molar-refractivity contribution is 6.14. The molecular formula is C21H22O5. The molecule has 0 aliphatic carbocycles. The second-order valence-corrected chi connectivity index (χ2v) is 7.61. The molecule has 1 atom stereocenters. The van der Waals surface area contributed by atoms with Crippen LogP contribution >= 0.6 is 0 Å². The number of hydrogen-bond donors (Lipinski definition) is 0. The zero-order chi connectivity index (χ0) is 18.6. The Morgan fingerprint density at radius 3 is 2.73 bits per heavy atom. The van der Waals surface area contributed by atoms with E-state index < -0.39 is 11.2 Å². The lowest BCUT2D eigenvalue weighted by atomic mass is 9.88. The number of aryl methyl sites for hydroxylation is 1. The van der Waals surface area contributed by atoms with Crippen molar-refractivity contribution in [2.45, 2.75) is 46.1 Å². The molecule has 2 aliphatic rings. The third-order valence-electron chi connectivity index (χ3n) is 4.92. The molecule has 0 bridgehead atoms. The molecule has 3 heterocycles. The minimum atomic E-state index is -0.500. The highest BCUT2D eigenvalue weighted by atomic mass is 16.5. The van der Waals surface area contributed by atoms with Crippen molar-refractivity contribution in [2.75, 3.05) is 6.61 Å². The summed E-state index contributed by atoms with van der Waals surface area (Å²) < 4.78 is 17.7. The number of ketones is 1. The van der Waals surface area contributed by atoms with Crippen LogP contribution in [-0.4, -0.2) is 18.0 Å². The molecule has 1 aromatic carbocycles. The van der Waals surface area contributed by atoms with Crippen molar-refractivity contribution < 1.29 is 18.7 Å². The summed E-state index contributed by atoms with van der Waals surface area (Å²) in [5.74, 6) is 0.739. The number of carbonyl (C=O) groups excluding carboxylic acids is 1. The topological polar surface area (TPSA) is 65.7 Å². The number of benzene rings is 1. The van der Waals surface area contributed by atoms with E-state index in [1.807, 2.05) is 39.8 Å². The van der Waals surface area contributed by atoms with Crippen LogP contribution in [0.15, 0.2) is 21.4 Å². The van der Waals surface area contributed by atoms with E-state index in [0.717, 1.165) is 17.5 Å². The van der Waals surface area contributed by atoms with Crippen LogP contribution < -0.4 is 15.1 Å².